The van der Waals surface area contributed by atoms with E-state index in [0.717, 1.165) is 26.1 Å². The Hall–Kier alpha value is 0.230. The van der Waals surface area contributed by atoms with E-state index in [-0.39, 0.29) is 17.7 Å². The van der Waals surface area contributed by atoms with E-state index in [0.29, 0.717) is 5.92 Å². The Morgan fingerprint density at radius 1 is 1.44 bits per heavy atom. The van der Waals surface area contributed by atoms with Crippen LogP contribution in [0.25, 0.3) is 0 Å². The third-order valence-electron chi connectivity index (χ3n) is 4.45. The van der Waals surface area contributed by atoms with Gasteiger partial charge >= 0.3 is 0 Å². The molecule has 3 unspecified atom stereocenters. The van der Waals surface area contributed by atoms with Crippen LogP contribution in [0.1, 0.15) is 39.5 Å². The SMILES string of the molecule is CCOC(C)C(N)C1CCOC2(CCSCC2)C1. The third-order valence-corrected chi connectivity index (χ3v) is 5.44. The van der Waals surface area contributed by atoms with Crippen LogP contribution < -0.4 is 5.73 Å². The van der Waals surface area contributed by atoms with Crippen molar-refractivity contribution < 1.29 is 9.47 Å². The lowest BCUT2D eigenvalue weighted by atomic mass is 9.77. The monoisotopic (exact) mass is 273 g/mol. The van der Waals surface area contributed by atoms with Crippen molar-refractivity contribution in [2.45, 2.75) is 57.3 Å². The van der Waals surface area contributed by atoms with Crippen LogP contribution in [-0.2, 0) is 9.47 Å². The summed E-state index contributed by atoms with van der Waals surface area (Å²) in [5.41, 5.74) is 6.52. The van der Waals surface area contributed by atoms with Gasteiger partial charge in [-0.2, -0.15) is 11.8 Å². The Morgan fingerprint density at radius 2 is 2.17 bits per heavy atom. The summed E-state index contributed by atoms with van der Waals surface area (Å²) in [7, 11) is 0. The van der Waals surface area contributed by atoms with Gasteiger partial charge in [0.05, 0.1) is 11.7 Å². The molecule has 0 aromatic heterocycles. The van der Waals surface area contributed by atoms with E-state index < -0.39 is 0 Å². The summed E-state index contributed by atoms with van der Waals surface area (Å²) >= 11 is 2.05. The van der Waals surface area contributed by atoms with Gasteiger partial charge in [-0.25, -0.2) is 0 Å². The molecule has 2 saturated heterocycles. The smallest absolute Gasteiger partial charge is 0.0701 e. The Balaban J connectivity index is 1.93. The largest absolute Gasteiger partial charge is 0.377 e. The van der Waals surface area contributed by atoms with Crippen LogP contribution in [-0.4, -0.2) is 42.5 Å². The molecule has 18 heavy (non-hydrogen) atoms. The van der Waals surface area contributed by atoms with Gasteiger partial charge in [0.1, 0.15) is 0 Å². The zero-order chi connectivity index (χ0) is 13.0. The van der Waals surface area contributed by atoms with Gasteiger partial charge in [-0.15, -0.1) is 0 Å². The summed E-state index contributed by atoms with van der Waals surface area (Å²) in [6.07, 6.45) is 4.78. The molecule has 0 saturated carbocycles. The number of hydrogen-bond acceptors (Lipinski definition) is 4. The lowest BCUT2D eigenvalue weighted by Crippen LogP contribution is -2.50. The summed E-state index contributed by atoms with van der Waals surface area (Å²) in [6.45, 7) is 5.77. The number of thioether (sulfide) groups is 1. The number of hydrogen-bond donors (Lipinski definition) is 1. The summed E-state index contributed by atoms with van der Waals surface area (Å²) in [5, 5.41) is 0. The first-order valence-electron chi connectivity index (χ1n) is 7.26. The van der Waals surface area contributed by atoms with Crippen LogP contribution in [0.15, 0.2) is 0 Å². The van der Waals surface area contributed by atoms with Crippen LogP contribution in [0.4, 0.5) is 0 Å². The van der Waals surface area contributed by atoms with E-state index in [1.807, 2.05) is 6.92 Å². The van der Waals surface area contributed by atoms with Gasteiger partial charge in [-0.05, 0) is 57.0 Å². The molecule has 2 fully saturated rings. The standard InChI is InChI=1S/C14H27NO2S/c1-3-16-11(2)13(15)12-4-7-17-14(10-12)5-8-18-9-6-14/h11-13H,3-10,15H2,1-2H3. The molecule has 0 bridgehead atoms. The highest BCUT2D eigenvalue weighted by Crippen LogP contribution is 2.40. The first-order valence-corrected chi connectivity index (χ1v) is 8.41. The minimum atomic E-state index is 0.137. The highest BCUT2D eigenvalue weighted by atomic mass is 32.2. The molecule has 0 aliphatic carbocycles. The van der Waals surface area contributed by atoms with Gasteiger partial charge in [0, 0.05) is 19.3 Å². The fourth-order valence-electron chi connectivity index (χ4n) is 3.24. The van der Waals surface area contributed by atoms with Crippen molar-refractivity contribution in [3.05, 3.63) is 0 Å². The highest BCUT2D eigenvalue weighted by Gasteiger charge is 2.41. The van der Waals surface area contributed by atoms with Gasteiger partial charge < -0.3 is 15.2 Å². The van der Waals surface area contributed by atoms with Crippen molar-refractivity contribution in [1.29, 1.82) is 0 Å². The lowest BCUT2D eigenvalue weighted by molar-refractivity contribution is -0.112. The molecule has 106 valence electrons. The van der Waals surface area contributed by atoms with Gasteiger partial charge in [-0.1, -0.05) is 0 Å². The molecule has 0 radical (unpaired) electrons. The van der Waals surface area contributed by atoms with E-state index in [1.165, 1.54) is 24.3 Å². The van der Waals surface area contributed by atoms with Crippen molar-refractivity contribution >= 4 is 11.8 Å². The molecule has 0 amide bonds. The van der Waals surface area contributed by atoms with E-state index in [2.05, 4.69) is 18.7 Å². The maximum Gasteiger partial charge on any atom is 0.0701 e. The predicted molar refractivity (Wildman–Crippen MR) is 77.0 cm³/mol. The minimum Gasteiger partial charge on any atom is -0.377 e. The number of ether oxygens (including phenoxy) is 2. The molecule has 3 nitrogen and oxygen atoms in total. The van der Waals surface area contributed by atoms with E-state index in [4.69, 9.17) is 15.2 Å². The maximum atomic E-state index is 6.38. The molecule has 1 spiro atoms. The quantitative estimate of drug-likeness (QED) is 0.854. The van der Waals surface area contributed by atoms with Crippen LogP contribution in [0, 0.1) is 5.92 Å². The van der Waals surface area contributed by atoms with Crippen LogP contribution in [0.3, 0.4) is 0 Å². The predicted octanol–water partition coefficient (Wildman–Crippen LogP) is 2.43. The highest BCUT2D eigenvalue weighted by molar-refractivity contribution is 7.99. The van der Waals surface area contributed by atoms with Crippen LogP contribution in [0.2, 0.25) is 0 Å². The van der Waals surface area contributed by atoms with Crippen molar-refractivity contribution in [1.82, 2.24) is 0 Å². The Kier molecular flexibility index (Phi) is 5.36. The molecular formula is C14H27NO2S. The molecule has 0 aromatic rings. The van der Waals surface area contributed by atoms with Crippen molar-refractivity contribution in [3.8, 4) is 0 Å². The Labute approximate surface area is 115 Å². The van der Waals surface area contributed by atoms with Gasteiger partial charge in [-0.3, -0.25) is 0 Å². The van der Waals surface area contributed by atoms with Gasteiger partial charge in [0.2, 0.25) is 0 Å². The fourth-order valence-corrected chi connectivity index (χ4v) is 4.48. The lowest BCUT2D eigenvalue weighted by Gasteiger charge is -2.45. The second-order valence-electron chi connectivity index (χ2n) is 5.63. The zero-order valence-corrected chi connectivity index (χ0v) is 12.5. The van der Waals surface area contributed by atoms with Crippen molar-refractivity contribution in [2.75, 3.05) is 24.7 Å². The van der Waals surface area contributed by atoms with Crippen LogP contribution >= 0.6 is 11.8 Å². The van der Waals surface area contributed by atoms with Crippen molar-refractivity contribution in [3.63, 3.8) is 0 Å². The first kappa shape index (κ1) is 14.6. The average molecular weight is 273 g/mol. The number of nitrogens with two attached hydrogens (primary N) is 1. The second kappa shape index (κ2) is 6.60. The molecule has 2 N–H and O–H groups in total. The summed E-state index contributed by atoms with van der Waals surface area (Å²) in [4.78, 5) is 0. The molecule has 2 aliphatic rings. The first-order chi connectivity index (χ1) is 8.67. The van der Waals surface area contributed by atoms with E-state index in [1.54, 1.807) is 0 Å². The third kappa shape index (κ3) is 3.41. The van der Waals surface area contributed by atoms with Gasteiger partial charge in [0.15, 0.2) is 0 Å². The molecule has 2 heterocycles. The van der Waals surface area contributed by atoms with E-state index in [9.17, 15) is 0 Å². The molecule has 3 atom stereocenters. The van der Waals surface area contributed by atoms with Gasteiger partial charge in [0.25, 0.3) is 0 Å². The minimum absolute atomic E-state index is 0.137. The normalized spacial score (nSPS) is 31.2. The molecule has 2 rings (SSSR count). The summed E-state index contributed by atoms with van der Waals surface area (Å²) < 4.78 is 11.8. The number of rotatable bonds is 4. The molecule has 4 heteroatoms. The summed E-state index contributed by atoms with van der Waals surface area (Å²) in [5.74, 6) is 3.04. The van der Waals surface area contributed by atoms with Crippen molar-refractivity contribution in [2.24, 2.45) is 11.7 Å². The Morgan fingerprint density at radius 3 is 2.83 bits per heavy atom. The topological polar surface area (TPSA) is 44.5 Å². The Bertz CT molecular complexity index is 251. The average Bonchev–Trinajstić information content (AvgIpc) is 2.39. The zero-order valence-electron chi connectivity index (χ0n) is 11.7. The second-order valence-corrected chi connectivity index (χ2v) is 6.86. The summed E-state index contributed by atoms with van der Waals surface area (Å²) in [6, 6.07) is 0.153. The maximum absolute atomic E-state index is 6.38. The molecule has 2 aliphatic heterocycles. The van der Waals surface area contributed by atoms with Crippen LogP contribution in [0.5, 0.6) is 0 Å². The fraction of sp³-hybridized carbons (Fsp3) is 1.00. The molecule has 0 aromatic carbocycles. The van der Waals surface area contributed by atoms with E-state index >= 15 is 0 Å². The molecular weight excluding hydrogens is 246 g/mol.